The number of carboxylic acid groups (broad SMARTS) is 1. The molecule has 116 valence electrons. The molecule has 0 radical (unpaired) electrons. The molecule has 1 saturated heterocycles. The highest BCUT2D eigenvalue weighted by Gasteiger charge is 2.21. The second kappa shape index (κ2) is 6.67. The van der Waals surface area contributed by atoms with Crippen LogP contribution in [-0.4, -0.2) is 37.0 Å². The van der Waals surface area contributed by atoms with Gasteiger partial charge in [0.1, 0.15) is 4.90 Å². The van der Waals surface area contributed by atoms with Gasteiger partial charge in [0.25, 0.3) is 0 Å². The third-order valence-electron chi connectivity index (χ3n) is 3.32. The van der Waals surface area contributed by atoms with Gasteiger partial charge in [0.15, 0.2) is 0 Å². The van der Waals surface area contributed by atoms with Crippen LogP contribution in [0, 0.1) is 0 Å². The van der Waals surface area contributed by atoms with Gasteiger partial charge in [-0.3, -0.25) is 0 Å². The highest BCUT2D eigenvalue weighted by atomic mass is 32.2. The summed E-state index contributed by atoms with van der Waals surface area (Å²) in [4.78, 5) is 10.7. The highest BCUT2D eigenvalue weighted by Crippen LogP contribution is 2.25. The molecule has 4 N–H and O–H groups in total. The van der Waals surface area contributed by atoms with Crippen molar-refractivity contribution >= 4 is 33.4 Å². The first kappa shape index (κ1) is 16.1. The Hall–Kier alpha value is -1.25. The van der Waals surface area contributed by atoms with Crippen molar-refractivity contribution in [1.82, 2.24) is 4.72 Å². The van der Waals surface area contributed by atoms with Crippen LogP contribution >= 0.6 is 11.8 Å². The number of hydrogen-bond donors (Lipinski definition) is 3. The number of carboxylic acids is 1. The molecule has 1 fully saturated rings. The van der Waals surface area contributed by atoms with Crippen molar-refractivity contribution in [3.63, 3.8) is 0 Å². The van der Waals surface area contributed by atoms with Gasteiger partial charge in [0.05, 0.1) is 11.3 Å². The number of sulfonamides is 1. The maximum absolute atomic E-state index is 12.2. The normalized spacial score (nSPS) is 19.3. The summed E-state index contributed by atoms with van der Waals surface area (Å²) in [6.07, 6.45) is 3.30. The predicted octanol–water partition coefficient (Wildman–Crippen LogP) is 1.53. The van der Waals surface area contributed by atoms with E-state index in [1.807, 2.05) is 0 Å². The first-order valence-electron chi connectivity index (χ1n) is 6.64. The lowest BCUT2D eigenvalue weighted by molar-refractivity contribution is 0.0697. The molecule has 0 spiro atoms. The van der Waals surface area contributed by atoms with Gasteiger partial charge in [-0.2, -0.15) is 11.8 Å². The van der Waals surface area contributed by atoms with E-state index in [9.17, 15) is 13.2 Å². The molecule has 0 aliphatic carbocycles. The molecule has 0 saturated carbocycles. The van der Waals surface area contributed by atoms with E-state index in [0.717, 1.165) is 24.7 Å². The molecular formula is C13H18N2O4S2. The monoisotopic (exact) mass is 330 g/mol. The highest BCUT2D eigenvalue weighted by molar-refractivity contribution is 8.00. The Balaban J connectivity index is 2.10. The first-order chi connectivity index (χ1) is 9.90. The zero-order chi connectivity index (χ0) is 15.5. The van der Waals surface area contributed by atoms with E-state index < -0.39 is 16.0 Å². The predicted molar refractivity (Wildman–Crippen MR) is 83.1 cm³/mol. The molecule has 1 aliphatic rings. The zero-order valence-electron chi connectivity index (χ0n) is 11.4. The average molecular weight is 330 g/mol. The van der Waals surface area contributed by atoms with Crippen molar-refractivity contribution in [2.24, 2.45) is 0 Å². The molecule has 8 heteroatoms. The van der Waals surface area contributed by atoms with Crippen molar-refractivity contribution in [3.05, 3.63) is 23.8 Å². The molecule has 0 aromatic heterocycles. The number of rotatable bonds is 5. The van der Waals surface area contributed by atoms with Gasteiger partial charge in [-0.25, -0.2) is 17.9 Å². The summed E-state index contributed by atoms with van der Waals surface area (Å²) in [7, 11) is -3.71. The van der Waals surface area contributed by atoms with E-state index in [4.69, 9.17) is 10.8 Å². The van der Waals surface area contributed by atoms with E-state index in [1.165, 1.54) is 18.6 Å². The molecule has 1 unspecified atom stereocenters. The number of benzene rings is 1. The summed E-state index contributed by atoms with van der Waals surface area (Å²) >= 11 is 1.77. The maximum atomic E-state index is 12.2. The summed E-state index contributed by atoms with van der Waals surface area (Å²) in [5.74, 6) is -0.0841. The fourth-order valence-corrected chi connectivity index (χ4v) is 4.71. The Morgan fingerprint density at radius 1 is 1.43 bits per heavy atom. The van der Waals surface area contributed by atoms with Gasteiger partial charge >= 0.3 is 5.97 Å². The summed E-state index contributed by atoms with van der Waals surface area (Å²) in [6.45, 7) is 0.368. The Morgan fingerprint density at radius 2 is 2.19 bits per heavy atom. The Bertz CT molecular complexity index is 625. The van der Waals surface area contributed by atoms with Crippen LogP contribution in [0.25, 0.3) is 0 Å². The topological polar surface area (TPSA) is 109 Å². The van der Waals surface area contributed by atoms with Gasteiger partial charge in [-0.05, 0) is 36.8 Å². The largest absolute Gasteiger partial charge is 0.478 e. The molecular weight excluding hydrogens is 312 g/mol. The molecule has 1 aromatic rings. The van der Waals surface area contributed by atoms with Gasteiger partial charge in [-0.1, -0.05) is 6.42 Å². The molecule has 2 rings (SSSR count). The molecule has 1 heterocycles. The number of thioether (sulfide) groups is 1. The van der Waals surface area contributed by atoms with E-state index in [0.29, 0.717) is 6.54 Å². The number of aromatic carboxylic acids is 1. The number of carbonyl (C=O) groups is 1. The molecule has 21 heavy (non-hydrogen) atoms. The third kappa shape index (κ3) is 4.12. The fourth-order valence-electron chi connectivity index (χ4n) is 2.18. The van der Waals surface area contributed by atoms with Crippen molar-refractivity contribution in [3.8, 4) is 0 Å². The van der Waals surface area contributed by atoms with Gasteiger partial charge < -0.3 is 10.8 Å². The summed E-state index contributed by atoms with van der Waals surface area (Å²) in [5, 5.41) is 9.14. The molecule has 1 aliphatic heterocycles. The minimum atomic E-state index is -3.71. The van der Waals surface area contributed by atoms with Crippen LogP contribution in [0.15, 0.2) is 23.1 Å². The van der Waals surface area contributed by atoms with Gasteiger partial charge in [-0.15, -0.1) is 0 Å². The van der Waals surface area contributed by atoms with Crippen molar-refractivity contribution in [1.29, 1.82) is 0 Å². The second-order valence-electron chi connectivity index (χ2n) is 4.90. The summed E-state index contributed by atoms with van der Waals surface area (Å²) in [6, 6.07) is 3.63. The summed E-state index contributed by atoms with van der Waals surface area (Å²) in [5.41, 5.74) is 5.58. The minimum Gasteiger partial charge on any atom is -0.478 e. The Morgan fingerprint density at radius 3 is 2.76 bits per heavy atom. The minimum absolute atomic E-state index is 0.0331. The molecule has 0 bridgehead atoms. The van der Waals surface area contributed by atoms with Crippen LogP contribution < -0.4 is 10.5 Å². The van der Waals surface area contributed by atoms with Gasteiger partial charge in [0.2, 0.25) is 10.0 Å². The Kier molecular flexibility index (Phi) is 5.13. The lowest BCUT2D eigenvalue weighted by Crippen LogP contribution is -2.32. The smallest absolute Gasteiger partial charge is 0.335 e. The number of nitrogen functional groups attached to an aromatic ring is 1. The zero-order valence-corrected chi connectivity index (χ0v) is 13.0. The van der Waals surface area contributed by atoms with Crippen LogP contribution in [0.3, 0.4) is 0 Å². The molecule has 1 atom stereocenters. The molecule has 1 aromatic carbocycles. The number of nitrogens with two attached hydrogens (primary N) is 1. The quantitative estimate of drug-likeness (QED) is 0.706. The van der Waals surface area contributed by atoms with Gasteiger partial charge in [0, 0.05) is 11.8 Å². The number of anilines is 1. The SMILES string of the molecule is Nc1cc(C(=O)O)ccc1S(=O)(=O)NCC1CCCCS1. The van der Waals surface area contributed by atoms with Crippen LogP contribution in [0.5, 0.6) is 0 Å². The third-order valence-corrected chi connectivity index (χ3v) is 6.22. The van der Waals surface area contributed by atoms with Crippen molar-refractivity contribution < 1.29 is 18.3 Å². The van der Waals surface area contributed by atoms with Crippen LogP contribution in [0.2, 0.25) is 0 Å². The lowest BCUT2D eigenvalue weighted by Gasteiger charge is -2.21. The van der Waals surface area contributed by atoms with Crippen molar-refractivity contribution in [2.75, 3.05) is 18.0 Å². The van der Waals surface area contributed by atoms with E-state index >= 15 is 0 Å². The Labute approximate surface area is 128 Å². The van der Waals surface area contributed by atoms with Crippen LogP contribution in [0.4, 0.5) is 5.69 Å². The van der Waals surface area contributed by atoms with Crippen molar-refractivity contribution in [2.45, 2.75) is 29.4 Å². The van der Waals surface area contributed by atoms with Crippen LogP contribution in [0.1, 0.15) is 29.6 Å². The second-order valence-corrected chi connectivity index (χ2v) is 8.04. The maximum Gasteiger partial charge on any atom is 0.335 e. The summed E-state index contributed by atoms with van der Waals surface area (Å²) < 4.78 is 27.0. The number of hydrogen-bond acceptors (Lipinski definition) is 5. The molecule has 6 nitrogen and oxygen atoms in total. The van der Waals surface area contributed by atoms with E-state index in [2.05, 4.69) is 4.72 Å². The van der Waals surface area contributed by atoms with Crippen LogP contribution in [-0.2, 0) is 10.0 Å². The standard InChI is InChI=1S/C13H18N2O4S2/c14-11-7-9(13(16)17)4-5-12(11)21(18,19)15-8-10-3-1-2-6-20-10/h4-5,7,10,15H,1-3,6,8,14H2,(H,16,17). The number of nitrogens with one attached hydrogen (secondary N) is 1. The lowest BCUT2D eigenvalue weighted by atomic mass is 10.2. The first-order valence-corrected chi connectivity index (χ1v) is 9.17. The van der Waals surface area contributed by atoms with E-state index in [1.54, 1.807) is 11.8 Å². The average Bonchev–Trinajstić information content (AvgIpc) is 2.46. The molecule has 0 amide bonds. The van der Waals surface area contributed by atoms with E-state index in [-0.39, 0.29) is 21.4 Å². The fraction of sp³-hybridized carbons (Fsp3) is 0.462.